The molecule has 0 bridgehead atoms. The summed E-state index contributed by atoms with van der Waals surface area (Å²) in [6, 6.07) is 7.91. The van der Waals surface area contributed by atoms with Crippen molar-refractivity contribution in [1.29, 1.82) is 0 Å². The Kier molecular flexibility index (Phi) is 5.12. The lowest BCUT2D eigenvalue weighted by atomic mass is 10.2. The summed E-state index contributed by atoms with van der Waals surface area (Å²) in [6.07, 6.45) is 4.05. The van der Waals surface area contributed by atoms with Crippen molar-refractivity contribution >= 4 is 28.7 Å². The van der Waals surface area contributed by atoms with Gasteiger partial charge in [-0.2, -0.15) is 0 Å². The van der Waals surface area contributed by atoms with Crippen molar-refractivity contribution in [3.05, 3.63) is 40.7 Å². The van der Waals surface area contributed by atoms with Gasteiger partial charge in [0.25, 0.3) is 0 Å². The van der Waals surface area contributed by atoms with Crippen LogP contribution in [0.25, 0.3) is 0 Å². The van der Waals surface area contributed by atoms with E-state index in [1.807, 2.05) is 37.2 Å². The second kappa shape index (κ2) is 7.05. The van der Waals surface area contributed by atoms with Crippen LogP contribution in [0.1, 0.15) is 17.7 Å². The van der Waals surface area contributed by atoms with Gasteiger partial charge in [-0.3, -0.25) is 4.79 Å². The highest BCUT2D eigenvalue weighted by atomic mass is 32.1. The van der Waals surface area contributed by atoms with Gasteiger partial charge < -0.3 is 10.2 Å². The van der Waals surface area contributed by atoms with E-state index in [0.29, 0.717) is 6.42 Å². The largest absolute Gasteiger partial charge is 0.363 e. The number of amides is 1. The summed E-state index contributed by atoms with van der Waals surface area (Å²) < 4.78 is 0. The van der Waals surface area contributed by atoms with Crippen molar-refractivity contribution in [3.8, 4) is 0 Å². The summed E-state index contributed by atoms with van der Waals surface area (Å²) >= 11 is 1.74. The first-order valence-corrected chi connectivity index (χ1v) is 7.49. The smallest absolute Gasteiger partial charge is 0.224 e. The highest BCUT2D eigenvalue weighted by Crippen LogP contribution is 2.14. The van der Waals surface area contributed by atoms with E-state index in [0.717, 1.165) is 24.3 Å². The number of rotatable bonds is 6. The molecule has 20 heavy (non-hydrogen) atoms. The molecule has 0 spiro atoms. The molecule has 0 atom stereocenters. The lowest BCUT2D eigenvalue weighted by Crippen LogP contribution is -2.13. The monoisotopic (exact) mass is 289 g/mol. The molecule has 0 aliphatic heterocycles. The molecule has 106 valence electrons. The van der Waals surface area contributed by atoms with Gasteiger partial charge in [0.1, 0.15) is 5.82 Å². The zero-order valence-corrected chi connectivity index (χ0v) is 12.6. The second-order valence-corrected chi connectivity index (χ2v) is 5.81. The van der Waals surface area contributed by atoms with Crippen LogP contribution in [0.15, 0.2) is 35.8 Å². The molecule has 4 nitrogen and oxygen atoms in total. The van der Waals surface area contributed by atoms with E-state index in [1.54, 1.807) is 17.5 Å². The van der Waals surface area contributed by atoms with Crippen LogP contribution in [-0.4, -0.2) is 25.0 Å². The van der Waals surface area contributed by atoms with E-state index < -0.39 is 0 Å². The van der Waals surface area contributed by atoms with E-state index in [9.17, 15) is 4.79 Å². The molecule has 1 N–H and O–H groups in total. The van der Waals surface area contributed by atoms with E-state index in [1.165, 1.54) is 4.88 Å². The predicted octanol–water partition coefficient (Wildman–Crippen LogP) is 3.17. The van der Waals surface area contributed by atoms with Crippen molar-refractivity contribution in [2.75, 3.05) is 24.3 Å². The lowest BCUT2D eigenvalue weighted by Gasteiger charge is -2.11. The molecule has 0 saturated carbocycles. The molecule has 2 heterocycles. The molecule has 2 aromatic heterocycles. The summed E-state index contributed by atoms with van der Waals surface area (Å²) in [5.74, 6) is 0.918. The van der Waals surface area contributed by atoms with Crippen LogP contribution in [0.2, 0.25) is 0 Å². The Bertz CT molecular complexity index is 535. The number of nitrogens with one attached hydrogen (secondary N) is 1. The number of carbonyl (C=O) groups is 1. The molecule has 0 fully saturated rings. The summed E-state index contributed by atoms with van der Waals surface area (Å²) in [5, 5.41) is 4.93. The van der Waals surface area contributed by atoms with Crippen LogP contribution in [0, 0.1) is 0 Å². The Balaban J connectivity index is 1.76. The zero-order chi connectivity index (χ0) is 14.4. The van der Waals surface area contributed by atoms with Gasteiger partial charge in [0, 0.05) is 25.4 Å². The number of thiophene rings is 1. The maximum absolute atomic E-state index is 11.8. The lowest BCUT2D eigenvalue weighted by molar-refractivity contribution is -0.116. The third-order valence-corrected chi connectivity index (χ3v) is 3.83. The topological polar surface area (TPSA) is 45.2 Å². The molecular weight excluding hydrogens is 270 g/mol. The molecule has 0 aliphatic rings. The number of carbonyl (C=O) groups excluding carboxylic acids is 1. The predicted molar refractivity (Wildman–Crippen MR) is 84.5 cm³/mol. The first kappa shape index (κ1) is 14.5. The number of aromatic nitrogens is 1. The number of hydrogen-bond donors (Lipinski definition) is 1. The Hall–Kier alpha value is -1.88. The molecule has 0 saturated heterocycles. The molecule has 0 radical (unpaired) electrons. The first-order chi connectivity index (χ1) is 9.65. The van der Waals surface area contributed by atoms with Crippen LogP contribution < -0.4 is 10.2 Å². The summed E-state index contributed by atoms with van der Waals surface area (Å²) in [6.45, 7) is 0. The van der Waals surface area contributed by atoms with Crippen LogP contribution in [0.5, 0.6) is 0 Å². The standard InChI is InChI=1S/C15H19N3OS/c1-18(2)14-9-8-12(11-16-14)17-15(19)7-3-5-13-6-4-10-20-13/h4,6,8-11H,3,5,7H2,1-2H3,(H,17,19). The van der Waals surface area contributed by atoms with Gasteiger partial charge >= 0.3 is 0 Å². The minimum Gasteiger partial charge on any atom is -0.363 e. The van der Waals surface area contributed by atoms with Crippen molar-refractivity contribution in [2.24, 2.45) is 0 Å². The molecular formula is C15H19N3OS. The SMILES string of the molecule is CN(C)c1ccc(NC(=O)CCCc2cccs2)cn1. The third-order valence-electron chi connectivity index (χ3n) is 2.90. The quantitative estimate of drug-likeness (QED) is 0.888. The minimum atomic E-state index is 0.0426. The first-order valence-electron chi connectivity index (χ1n) is 6.61. The van der Waals surface area contributed by atoms with Crippen molar-refractivity contribution < 1.29 is 4.79 Å². The van der Waals surface area contributed by atoms with Crippen molar-refractivity contribution in [3.63, 3.8) is 0 Å². The van der Waals surface area contributed by atoms with Gasteiger partial charge in [-0.15, -0.1) is 11.3 Å². The van der Waals surface area contributed by atoms with E-state index in [-0.39, 0.29) is 5.91 Å². The van der Waals surface area contributed by atoms with Crippen LogP contribution in [0.3, 0.4) is 0 Å². The fourth-order valence-corrected chi connectivity index (χ4v) is 2.58. The van der Waals surface area contributed by atoms with Crippen molar-refractivity contribution in [1.82, 2.24) is 4.98 Å². The maximum Gasteiger partial charge on any atom is 0.224 e. The van der Waals surface area contributed by atoms with Gasteiger partial charge in [-0.25, -0.2) is 4.98 Å². The highest BCUT2D eigenvalue weighted by molar-refractivity contribution is 7.09. The van der Waals surface area contributed by atoms with Gasteiger partial charge in [0.2, 0.25) is 5.91 Å². The van der Waals surface area contributed by atoms with Crippen LogP contribution in [-0.2, 0) is 11.2 Å². The number of pyridine rings is 1. The Morgan fingerprint density at radius 1 is 1.35 bits per heavy atom. The summed E-state index contributed by atoms with van der Waals surface area (Å²) in [4.78, 5) is 19.3. The minimum absolute atomic E-state index is 0.0426. The van der Waals surface area contributed by atoms with E-state index in [2.05, 4.69) is 21.7 Å². The van der Waals surface area contributed by atoms with E-state index in [4.69, 9.17) is 0 Å². The fourth-order valence-electron chi connectivity index (χ4n) is 1.83. The normalized spacial score (nSPS) is 10.3. The van der Waals surface area contributed by atoms with Crippen molar-refractivity contribution in [2.45, 2.75) is 19.3 Å². The van der Waals surface area contributed by atoms with Gasteiger partial charge in [0.15, 0.2) is 0 Å². The number of aryl methyl sites for hydroxylation is 1. The van der Waals surface area contributed by atoms with Gasteiger partial charge in [0.05, 0.1) is 11.9 Å². The number of anilines is 2. The third kappa shape index (κ3) is 4.35. The molecule has 5 heteroatoms. The van der Waals surface area contributed by atoms with Crippen LogP contribution in [0.4, 0.5) is 11.5 Å². The average Bonchev–Trinajstić information content (AvgIpc) is 2.92. The second-order valence-electron chi connectivity index (χ2n) is 4.78. The fraction of sp³-hybridized carbons (Fsp3) is 0.333. The Morgan fingerprint density at radius 3 is 2.80 bits per heavy atom. The Morgan fingerprint density at radius 2 is 2.20 bits per heavy atom. The van der Waals surface area contributed by atoms with Gasteiger partial charge in [-0.1, -0.05) is 6.07 Å². The molecule has 2 rings (SSSR count). The molecule has 1 amide bonds. The van der Waals surface area contributed by atoms with E-state index >= 15 is 0 Å². The maximum atomic E-state index is 11.8. The van der Waals surface area contributed by atoms with Crippen LogP contribution >= 0.6 is 11.3 Å². The molecule has 0 aromatic carbocycles. The highest BCUT2D eigenvalue weighted by Gasteiger charge is 2.04. The average molecular weight is 289 g/mol. The van der Waals surface area contributed by atoms with Gasteiger partial charge in [-0.05, 0) is 36.4 Å². The molecule has 2 aromatic rings. The summed E-state index contributed by atoms with van der Waals surface area (Å²) in [5.41, 5.74) is 0.747. The molecule has 0 aliphatic carbocycles. The Labute approximate surface area is 123 Å². The number of nitrogens with zero attached hydrogens (tertiary/aromatic N) is 2. The number of hydrogen-bond acceptors (Lipinski definition) is 4. The molecule has 0 unspecified atom stereocenters. The zero-order valence-electron chi connectivity index (χ0n) is 11.8. The summed E-state index contributed by atoms with van der Waals surface area (Å²) in [7, 11) is 3.87.